The second-order valence-corrected chi connectivity index (χ2v) is 5.17. The lowest BCUT2D eigenvalue weighted by atomic mass is 10.2. The number of carbonyl (C=O) groups is 2. The molecule has 5 nitrogen and oxygen atoms in total. The van der Waals surface area contributed by atoms with Crippen molar-refractivity contribution < 1.29 is 9.59 Å². The lowest BCUT2D eigenvalue weighted by Gasteiger charge is -2.13. The van der Waals surface area contributed by atoms with E-state index in [2.05, 4.69) is 15.6 Å². The van der Waals surface area contributed by atoms with Gasteiger partial charge in [0.1, 0.15) is 5.25 Å². The normalized spacial score (nSPS) is 15.3. The van der Waals surface area contributed by atoms with Crippen molar-refractivity contribution in [1.82, 2.24) is 5.32 Å². The smallest absolute Gasteiger partial charge is 0.245 e. The van der Waals surface area contributed by atoms with E-state index < -0.39 is 5.25 Å². The van der Waals surface area contributed by atoms with Crippen LogP contribution in [0.15, 0.2) is 35.3 Å². The molecule has 1 unspecified atom stereocenters. The summed E-state index contributed by atoms with van der Waals surface area (Å²) in [4.78, 5) is 27.9. The number of Topliss-reactive ketones (excluding diaryl/α,β-unsaturated/α-hetero) is 1. The lowest BCUT2D eigenvalue weighted by Crippen LogP contribution is -2.33. The van der Waals surface area contributed by atoms with E-state index in [1.807, 2.05) is 18.2 Å². The molecular weight excluding hydrogens is 262 g/mol. The molecule has 2 N–H and O–H groups in total. The molecule has 0 aliphatic carbocycles. The van der Waals surface area contributed by atoms with E-state index in [4.69, 9.17) is 0 Å². The van der Waals surface area contributed by atoms with Gasteiger partial charge in [-0.25, -0.2) is 0 Å². The van der Waals surface area contributed by atoms with E-state index in [9.17, 15) is 9.59 Å². The van der Waals surface area contributed by atoms with Gasteiger partial charge in [-0.15, -0.1) is 0 Å². The fourth-order valence-corrected chi connectivity index (χ4v) is 2.52. The Morgan fingerprint density at radius 2 is 2.11 bits per heavy atom. The fourth-order valence-electron chi connectivity index (χ4n) is 1.62. The van der Waals surface area contributed by atoms with Crippen molar-refractivity contribution in [2.45, 2.75) is 12.2 Å². The minimum absolute atomic E-state index is 0.185. The quantitative estimate of drug-likeness (QED) is 0.813. The number of amidine groups is 1. The molecule has 1 aromatic rings. The minimum Gasteiger partial charge on any atom is -0.363 e. The zero-order valence-electron chi connectivity index (χ0n) is 10.6. The van der Waals surface area contributed by atoms with Crippen LogP contribution in [0.2, 0.25) is 0 Å². The van der Waals surface area contributed by atoms with Gasteiger partial charge >= 0.3 is 0 Å². The van der Waals surface area contributed by atoms with Crippen LogP contribution in [-0.4, -0.2) is 35.2 Å². The Morgan fingerprint density at radius 1 is 1.37 bits per heavy atom. The second-order valence-electron chi connectivity index (χ2n) is 4.08. The molecule has 19 heavy (non-hydrogen) atoms. The average molecular weight is 277 g/mol. The fraction of sp³-hybridized carbons (Fsp3) is 0.308. The molecule has 100 valence electrons. The van der Waals surface area contributed by atoms with E-state index in [0.29, 0.717) is 17.4 Å². The van der Waals surface area contributed by atoms with Crippen LogP contribution in [0, 0.1) is 0 Å². The molecule has 1 heterocycles. The van der Waals surface area contributed by atoms with Crippen LogP contribution in [0.1, 0.15) is 6.92 Å². The van der Waals surface area contributed by atoms with Crippen LogP contribution >= 0.6 is 11.8 Å². The molecule has 1 atom stereocenters. The van der Waals surface area contributed by atoms with Crippen molar-refractivity contribution in [3.05, 3.63) is 30.3 Å². The molecule has 6 heteroatoms. The highest BCUT2D eigenvalue weighted by Gasteiger charge is 2.27. The molecule has 0 spiro atoms. The summed E-state index contributed by atoms with van der Waals surface area (Å²) in [6, 6.07) is 9.09. The first kappa shape index (κ1) is 13.6. The average Bonchev–Trinajstić information content (AvgIpc) is 2.89. The minimum atomic E-state index is -0.774. The molecule has 0 saturated carbocycles. The van der Waals surface area contributed by atoms with Crippen molar-refractivity contribution in [2.24, 2.45) is 4.99 Å². The van der Waals surface area contributed by atoms with Gasteiger partial charge in [0, 0.05) is 12.2 Å². The Kier molecular flexibility index (Phi) is 4.57. The zero-order chi connectivity index (χ0) is 13.7. The van der Waals surface area contributed by atoms with Gasteiger partial charge in [0.25, 0.3) is 0 Å². The zero-order valence-corrected chi connectivity index (χ0v) is 11.4. The number of aliphatic imine (C=N–C) groups is 1. The third-order valence-corrected chi connectivity index (χ3v) is 3.80. The molecule has 1 aliphatic heterocycles. The predicted octanol–water partition coefficient (Wildman–Crippen LogP) is 1.28. The van der Waals surface area contributed by atoms with Crippen LogP contribution in [0.4, 0.5) is 5.69 Å². The van der Waals surface area contributed by atoms with E-state index in [1.165, 1.54) is 18.7 Å². The van der Waals surface area contributed by atoms with Gasteiger partial charge in [0.15, 0.2) is 11.0 Å². The van der Waals surface area contributed by atoms with Gasteiger partial charge in [-0.2, -0.15) is 0 Å². The Hall–Kier alpha value is -1.82. The number of para-hydroxylation sites is 1. The first-order valence-corrected chi connectivity index (χ1v) is 6.86. The van der Waals surface area contributed by atoms with Gasteiger partial charge in [0.2, 0.25) is 5.91 Å². The van der Waals surface area contributed by atoms with E-state index >= 15 is 0 Å². The molecule has 0 saturated heterocycles. The number of carbonyl (C=O) groups excluding carboxylic acids is 2. The SMILES string of the molecule is CC(=O)C(SC1=NCCN1)C(=O)Nc1ccccc1. The molecule has 0 bridgehead atoms. The maximum Gasteiger partial charge on any atom is 0.245 e. The van der Waals surface area contributed by atoms with Crippen LogP contribution in [0.5, 0.6) is 0 Å². The summed E-state index contributed by atoms with van der Waals surface area (Å²) in [5.41, 5.74) is 0.681. The number of hydrogen-bond donors (Lipinski definition) is 2. The molecule has 1 aromatic carbocycles. The summed E-state index contributed by atoms with van der Waals surface area (Å²) in [6.07, 6.45) is 0. The number of hydrogen-bond acceptors (Lipinski definition) is 5. The standard InChI is InChI=1S/C13H15N3O2S/c1-9(17)11(19-13-14-7-8-15-13)12(18)16-10-5-3-2-4-6-10/h2-6,11H,7-8H2,1H3,(H,14,15)(H,16,18). The van der Waals surface area contributed by atoms with Gasteiger partial charge in [0.05, 0.1) is 6.54 Å². The van der Waals surface area contributed by atoms with Gasteiger partial charge in [-0.05, 0) is 19.1 Å². The molecular formula is C13H15N3O2S. The second kappa shape index (κ2) is 6.38. The first-order valence-electron chi connectivity index (χ1n) is 5.98. The number of rotatable bonds is 4. The summed E-state index contributed by atoms with van der Waals surface area (Å²) in [5, 5.41) is 5.66. The number of nitrogens with zero attached hydrogens (tertiary/aromatic N) is 1. The molecule has 0 fully saturated rings. The lowest BCUT2D eigenvalue weighted by molar-refractivity contribution is -0.123. The predicted molar refractivity (Wildman–Crippen MR) is 77.4 cm³/mol. The van der Waals surface area contributed by atoms with E-state index in [0.717, 1.165) is 6.54 Å². The summed E-state index contributed by atoms with van der Waals surface area (Å²) in [5.74, 6) is -0.505. The highest BCUT2D eigenvalue weighted by Crippen LogP contribution is 2.17. The van der Waals surface area contributed by atoms with Crippen molar-refractivity contribution in [3.8, 4) is 0 Å². The monoisotopic (exact) mass is 277 g/mol. The highest BCUT2D eigenvalue weighted by molar-refractivity contribution is 8.15. The van der Waals surface area contributed by atoms with E-state index in [-0.39, 0.29) is 11.7 Å². The third kappa shape index (κ3) is 3.82. The van der Waals surface area contributed by atoms with Crippen LogP contribution in [-0.2, 0) is 9.59 Å². The molecule has 0 aromatic heterocycles. The van der Waals surface area contributed by atoms with Gasteiger partial charge in [-0.1, -0.05) is 30.0 Å². The molecule has 2 rings (SSSR count). The maximum absolute atomic E-state index is 12.1. The number of nitrogens with one attached hydrogen (secondary N) is 2. The topological polar surface area (TPSA) is 70.6 Å². The van der Waals surface area contributed by atoms with Crippen LogP contribution in [0.25, 0.3) is 0 Å². The van der Waals surface area contributed by atoms with Gasteiger partial charge < -0.3 is 10.6 Å². The number of amides is 1. The molecule has 1 aliphatic rings. The Bertz CT molecular complexity index is 502. The Morgan fingerprint density at radius 3 is 2.68 bits per heavy atom. The maximum atomic E-state index is 12.1. The summed E-state index contributed by atoms with van der Waals surface area (Å²) in [7, 11) is 0. The highest BCUT2D eigenvalue weighted by atomic mass is 32.2. The number of benzene rings is 1. The van der Waals surface area contributed by atoms with Crippen molar-refractivity contribution in [3.63, 3.8) is 0 Å². The largest absolute Gasteiger partial charge is 0.363 e. The number of ketones is 1. The van der Waals surface area contributed by atoms with Crippen molar-refractivity contribution in [2.75, 3.05) is 18.4 Å². The number of anilines is 1. The number of thioether (sulfide) groups is 1. The first-order chi connectivity index (χ1) is 9.16. The molecule has 1 amide bonds. The van der Waals surface area contributed by atoms with E-state index in [1.54, 1.807) is 12.1 Å². The summed E-state index contributed by atoms with van der Waals surface area (Å²) in [6.45, 7) is 2.86. The van der Waals surface area contributed by atoms with Crippen LogP contribution in [0.3, 0.4) is 0 Å². The Labute approximate surface area is 115 Å². The third-order valence-electron chi connectivity index (χ3n) is 2.52. The van der Waals surface area contributed by atoms with Gasteiger partial charge in [-0.3, -0.25) is 14.6 Å². The summed E-state index contributed by atoms with van der Waals surface area (Å²) >= 11 is 1.17. The van der Waals surface area contributed by atoms with Crippen molar-refractivity contribution in [1.29, 1.82) is 0 Å². The van der Waals surface area contributed by atoms with Crippen molar-refractivity contribution >= 4 is 34.3 Å². The Balaban J connectivity index is 2.02. The molecule has 0 radical (unpaired) electrons. The van der Waals surface area contributed by atoms with Crippen LogP contribution < -0.4 is 10.6 Å². The summed E-state index contributed by atoms with van der Waals surface area (Å²) < 4.78 is 0.